The maximum absolute atomic E-state index is 12.9. The van der Waals surface area contributed by atoms with Crippen molar-refractivity contribution in [1.29, 1.82) is 0 Å². The fraction of sp³-hybridized carbons (Fsp3) is 0.810. The van der Waals surface area contributed by atoms with E-state index >= 15 is 0 Å². The first-order chi connectivity index (χ1) is 29.4. The molecule has 0 radical (unpaired) electrons. The van der Waals surface area contributed by atoms with Crippen molar-refractivity contribution in [1.82, 2.24) is 21.3 Å². The van der Waals surface area contributed by atoms with Gasteiger partial charge < -0.3 is 70.6 Å². The molecular weight excluding hydrogens is 844 g/mol. The van der Waals surface area contributed by atoms with Crippen molar-refractivity contribution >= 4 is 47.4 Å². The van der Waals surface area contributed by atoms with E-state index in [1.807, 2.05) is 0 Å². The average molecular weight is 921 g/mol. The zero-order chi connectivity index (χ0) is 49.3. The van der Waals surface area contributed by atoms with Gasteiger partial charge in [-0.25, -0.2) is 4.79 Å². The van der Waals surface area contributed by atoms with E-state index < -0.39 is 107 Å². The van der Waals surface area contributed by atoms with Crippen molar-refractivity contribution in [3.05, 3.63) is 0 Å². The molecule has 0 fully saturated rings. The van der Waals surface area contributed by atoms with Crippen LogP contribution in [0.25, 0.3) is 0 Å². The number of nitrogens with two attached hydrogens (primary N) is 2. The van der Waals surface area contributed by atoms with Crippen LogP contribution in [0.1, 0.15) is 102 Å². The first-order valence-corrected chi connectivity index (χ1v) is 21.2. The third-order valence-corrected chi connectivity index (χ3v) is 7.39. The van der Waals surface area contributed by atoms with Crippen LogP contribution in [-0.4, -0.2) is 166 Å². The van der Waals surface area contributed by atoms with Gasteiger partial charge in [-0.15, -0.1) is 0 Å². The van der Waals surface area contributed by atoms with Crippen molar-refractivity contribution in [2.75, 3.05) is 72.5 Å². The number of rotatable bonds is 30. The molecule has 0 saturated heterocycles. The number of nitrogens with one attached hydrogen (secondary N) is 4. The molecule has 0 spiro atoms. The molecule has 0 rings (SSSR count). The zero-order valence-electron chi connectivity index (χ0n) is 39.9. The lowest BCUT2D eigenvalue weighted by atomic mass is 10.1. The molecule has 0 saturated carbocycles. The summed E-state index contributed by atoms with van der Waals surface area (Å²) in [5, 5.41) is 10.6. The molecular formula is C42H76N6O16. The van der Waals surface area contributed by atoms with Gasteiger partial charge in [0.05, 0.1) is 84.2 Å². The third kappa shape index (κ3) is 32.4. The number of ketones is 1. The van der Waals surface area contributed by atoms with Gasteiger partial charge in [-0.05, 0) is 83.1 Å². The van der Waals surface area contributed by atoms with E-state index in [0.717, 1.165) is 0 Å². The van der Waals surface area contributed by atoms with Gasteiger partial charge in [0.15, 0.2) is 6.04 Å². The normalized spacial score (nSPS) is 14.0. The summed E-state index contributed by atoms with van der Waals surface area (Å²) in [7, 11) is 0. The molecule has 0 aliphatic rings. The second-order valence-electron chi connectivity index (χ2n) is 18.5. The number of hydrogen-bond donors (Lipinski definition) is 6. The van der Waals surface area contributed by atoms with Gasteiger partial charge in [-0.2, -0.15) is 0 Å². The molecule has 3 amide bonds. The largest absolute Gasteiger partial charge is 0.460 e. The highest BCUT2D eigenvalue weighted by Gasteiger charge is 2.34. The van der Waals surface area contributed by atoms with Gasteiger partial charge in [-0.1, -0.05) is 0 Å². The lowest BCUT2D eigenvalue weighted by Gasteiger charge is -2.24. The summed E-state index contributed by atoms with van der Waals surface area (Å²) in [6.45, 7) is 22.2. The molecule has 0 aromatic carbocycles. The molecule has 0 aromatic rings. The molecule has 0 aromatic heterocycles. The Morgan fingerprint density at radius 2 is 0.875 bits per heavy atom. The van der Waals surface area contributed by atoms with Gasteiger partial charge >= 0.3 is 23.9 Å². The summed E-state index contributed by atoms with van der Waals surface area (Å²) >= 11 is 0. The summed E-state index contributed by atoms with van der Waals surface area (Å²) in [5.74, 6) is -6.92. The fourth-order valence-corrected chi connectivity index (χ4v) is 4.87. The zero-order valence-corrected chi connectivity index (χ0v) is 39.9. The lowest BCUT2D eigenvalue weighted by molar-refractivity contribution is -0.163. The van der Waals surface area contributed by atoms with Crippen LogP contribution in [0.2, 0.25) is 0 Å². The Kier molecular flexibility index (Phi) is 27.3. The van der Waals surface area contributed by atoms with E-state index in [1.165, 1.54) is 0 Å². The molecule has 22 nitrogen and oxygen atoms in total. The molecule has 4 unspecified atom stereocenters. The molecule has 370 valence electrons. The maximum Gasteiger partial charge on any atom is 0.377 e. The SMILES string of the molecule is CC(C)(C)OC(=O)CC(CNCCOCCOCCOCCOCCNC(=O)C(CC(=O)OC(C)(C)C)NC(=O)C(N)CC(=O)OC(C)(C)C)NC(=O)C(N)C(=O)C(=O)OC(C)(C)C. The third-order valence-electron chi connectivity index (χ3n) is 7.39. The van der Waals surface area contributed by atoms with Gasteiger partial charge in [0.1, 0.15) is 28.4 Å². The number of carbonyl (C=O) groups excluding carboxylic acids is 8. The predicted octanol–water partition coefficient (Wildman–Crippen LogP) is -0.511. The summed E-state index contributed by atoms with van der Waals surface area (Å²) < 4.78 is 42.9. The molecule has 22 heteroatoms. The number of carbonyl (C=O) groups is 8. The van der Waals surface area contributed by atoms with Crippen molar-refractivity contribution < 1.29 is 76.3 Å². The van der Waals surface area contributed by atoms with Crippen LogP contribution in [0.4, 0.5) is 0 Å². The lowest BCUT2D eigenvalue weighted by Crippen LogP contribution is -2.54. The standard InChI is InChI=1S/C42H76N6O16/c1-39(2,3)61-30(49)23-27(47-37(55)33(44)34(52)38(56)64-42(10,11)12)26-45-13-15-57-17-19-59-21-22-60-20-18-58-16-14-46-36(54)29(25-32(51)63-41(7,8)9)48-35(53)28(43)24-31(50)62-40(4,5)6/h27-29,33,45H,13-26,43-44H2,1-12H3,(H,46,54)(H,47,55)(H,48,53). The van der Waals surface area contributed by atoms with Crippen LogP contribution in [0.5, 0.6) is 0 Å². The topological polar surface area (TPSA) is 311 Å². The number of Topliss-reactive ketones (excluding diaryl/α,β-unsaturated/α-hetero) is 1. The molecule has 4 atom stereocenters. The Hall–Kier alpha value is -4.32. The Balaban J connectivity index is 4.51. The summed E-state index contributed by atoms with van der Waals surface area (Å²) in [4.78, 5) is 100. The van der Waals surface area contributed by atoms with E-state index in [1.54, 1.807) is 83.1 Å². The second kappa shape index (κ2) is 29.3. The van der Waals surface area contributed by atoms with Gasteiger partial charge in [0.2, 0.25) is 17.7 Å². The Morgan fingerprint density at radius 3 is 1.33 bits per heavy atom. The van der Waals surface area contributed by atoms with E-state index in [4.69, 9.17) is 49.4 Å². The number of hydrogen-bond acceptors (Lipinski definition) is 19. The Labute approximate surface area is 377 Å². The fourth-order valence-electron chi connectivity index (χ4n) is 4.87. The Morgan fingerprint density at radius 1 is 0.469 bits per heavy atom. The van der Waals surface area contributed by atoms with Crippen LogP contribution in [0.15, 0.2) is 0 Å². The molecule has 0 heterocycles. The summed E-state index contributed by atoms with van der Waals surface area (Å²) in [5.41, 5.74) is 8.28. The Bertz CT molecular complexity index is 1500. The van der Waals surface area contributed by atoms with E-state index in [9.17, 15) is 38.4 Å². The first-order valence-electron chi connectivity index (χ1n) is 21.2. The van der Waals surface area contributed by atoms with Crippen molar-refractivity contribution in [2.24, 2.45) is 11.5 Å². The molecule has 0 aliphatic heterocycles. The predicted molar refractivity (Wildman–Crippen MR) is 231 cm³/mol. The highest BCUT2D eigenvalue weighted by Crippen LogP contribution is 2.13. The van der Waals surface area contributed by atoms with E-state index in [0.29, 0.717) is 6.54 Å². The number of esters is 4. The van der Waals surface area contributed by atoms with Crippen molar-refractivity contribution in [2.45, 2.75) is 149 Å². The minimum atomic E-state index is -1.83. The first kappa shape index (κ1) is 59.7. The molecule has 0 aliphatic carbocycles. The van der Waals surface area contributed by atoms with Crippen LogP contribution < -0.4 is 32.7 Å². The van der Waals surface area contributed by atoms with Gasteiger partial charge in [0.25, 0.3) is 5.78 Å². The van der Waals surface area contributed by atoms with Crippen molar-refractivity contribution in [3.8, 4) is 0 Å². The maximum atomic E-state index is 12.9. The van der Waals surface area contributed by atoms with Crippen LogP contribution in [0, 0.1) is 0 Å². The minimum Gasteiger partial charge on any atom is -0.460 e. The summed E-state index contributed by atoms with van der Waals surface area (Å²) in [6.07, 6.45) is -1.14. The van der Waals surface area contributed by atoms with Crippen LogP contribution >= 0.6 is 0 Å². The van der Waals surface area contributed by atoms with Crippen molar-refractivity contribution in [3.63, 3.8) is 0 Å². The highest BCUT2D eigenvalue weighted by molar-refractivity contribution is 6.40. The molecule has 8 N–H and O–H groups in total. The van der Waals surface area contributed by atoms with Crippen LogP contribution in [-0.2, 0) is 76.3 Å². The molecule has 0 bridgehead atoms. The second-order valence-corrected chi connectivity index (χ2v) is 18.5. The van der Waals surface area contributed by atoms with Gasteiger partial charge in [0, 0.05) is 19.6 Å². The smallest absolute Gasteiger partial charge is 0.377 e. The minimum absolute atomic E-state index is 0.0552. The highest BCUT2D eigenvalue weighted by atomic mass is 16.6. The number of ether oxygens (including phenoxy) is 8. The average Bonchev–Trinajstić information content (AvgIpc) is 3.11. The summed E-state index contributed by atoms with van der Waals surface area (Å²) in [6, 6.07) is -5.30. The van der Waals surface area contributed by atoms with E-state index in [-0.39, 0.29) is 72.4 Å². The van der Waals surface area contributed by atoms with Crippen LogP contribution in [0.3, 0.4) is 0 Å². The van der Waals surface area contributed by atoms with Gasteiger partial charge in [-0.3, -0.25) is 33.6 Å². The van der Waals surface area contributed by atoms with E-state index in [2.05, 4.69) is 21.3 Å². The molecule has 64 heavy (non-hydrogen) atoms. The quantitative estimate of drug-likeness (QED) is 0.0174. The monoisotopic (exact) mass is 921 g/mol. The number of amides is 3.